The van der Waals surface area contributed by atoms with E-state index in [-0.39, 0.29) is 35.7 Å². The third kappa shape index (κ3) is 17.4. The maximum atomic E-state index is 10.2. The van der Waals surface area contributed by atoms with E-state index in [9.17, 15) is 18.0 Å². The van der Waals surface area contributed by atoms with E-state index in [1.54, 1.807) is 0 Å². The molecule has 1 aromatic rings. The zero-order valence-electron chi connectivity index (χ0n) is 19.1. The molecule has 1 aromatic carbocycles. The van der Waals surface area contributed by atoms with Crippen LogP contribution >= 0.6 is 0 Å². The third-order valence-electron chi connectivity index (χ3n) is 4.49. The topological polar surface area (TPSA) is 138 Å². The Hall–Kier alpha value is -1.13. The van der Waals surface area contributed by atoms with Crippen LogP contribution in [-0.2, 0) is 19.7 Å². The van der Waals surface area contributed by atoms with E-state index in [1.165, 1.54) is 44.9 Å². The number of carbonyl (C=O) groups is 2. The number of hydrogen-bond donors (Lipinski definition) is 3. The zero-order chi connectivity index (χ0) is 23.7. The Balaban J connectivity index is 0. The Morgan fingerprint density at radius 1 is 1.00 bits per heavy atom. The second kappa shape index (κ2) is 19.3. The Morgan fingerprint density at radius 2 is 1.53 bits per heavy atom. The van der Waals surface area contributed by atoms with E-state index in [2.05, 4.69) is 13.8 Å². The van der Waals surface area contributed by atoms with Gasteiger partial charge in [-0.2, -0.15) is 8.42 Å². The molecule has 0 spiro atoms. The van der Waals surface area contributed by atoms with Crippen molar-refractivity contribution in [3.05, 3.63) is 37.3 Å². The Morgan fingerprint density at radius 3 is 1.94 bits per heavy atom. The van der Waals surface area contributed by atoms with E-state index in [1.807, 2.05) is 30.3 Å². The van der Waals surface area contributed by atoms with E-state index >= 15 is 0 Å². The van der Waals surface area contributed by atoms with Crippen LogP contribution in [0.1, 0.15) is 71.1 Å². The maximum absolute atomic E-state index is 10.2. The van der Waals surface area contributed by atoms with Crippen molar-refractivity contribution < 1.29 is 67.1 Å². The summed E-state index contributed by atoms with van der Waals surface area (Å²) in [5, 5.41) is 13.9. The normalized spacial score (nSPS) is 12.5. The number of carboxylic acids is 2. The second-order valence-corrected chi connectivity index (χ2v) is 8.79. The van der Waals surface area contributed by atoms with Crippen LogP contribution in [0.25, 0.3) is 0 Å². The molecule has 0 aliphatic carbocycles. The molecule has 0 aliphatic heterocycles. The smallest absolute Gasteiger partial charge is 0.493 e. The maximum Gasteiger partial charge on any atom is 1.00 e. The number of hydrogen-bond acceptors (Lipinski definition) is 5. The zero-order valence-corrected chi connectivity index (χ0v) is 21.9. The standard InChI is InChI=1S/C18H29O.C4H6O7S.Na/c1-3-5-6-7-8-9-11-14-17(4-2)19-18-15-12-10-13-16-18;5-3(6)1-2(4(7)8)12(9,10)11;/h10,12-13,15-17H,2-9,11,14H2,1H3;2H,1H2,(H,5,6)(H,7,8)(H,9,10,11);/q-1;;+1. The molecule has 0 aromatic heterocycles. The first-order chi connectivity index (χ1) is 14.6. The summed E-state index contributed by atoms with van der Waals surface area (Å²) in [7, 11) is -4.84. The number of ether oxygens (including phenoxy) is 1. The molecule has 0 fully saturated rings. The van der Waals surface area contributed by atoms with Gasteiger partial charge in [0.25, 0.3) is 10.1 Å². The van der Waals surface area contributed by atoms with E-state index in [0.29, 0.717) is 0 Å². The molecule has 2 atom stereocenters. The van der Waals surface area contributed by atoms with Crippen molar-refractivity contribution in [1.82, 2.24) is 0 Å². The summed E-state index contributed by atoms with van der Waals surface area (Å²) < 4.78 is 34.6. The molecule has 0 bridgehead atoms. The summed E-state index contributed by atoms with van der Waals surface area (Å²) in [5.74, 6) is -2.53. The Bertz CT molecular complexity index is 725. The molecule has 0 saturated carbocycles. The fraction of sp³-hybridized carbons (Fsp3) is 0.591. The van der Waals surface area contributed by atoms with E-state index < -0.39 is 33.7 Å². The van der Waals surface area contributed by atoms with Crippen LogP contribution in [0.4, 0.5) is 0 Å². The molecule has 0 aliphatic rings. The molecular weight excluding hydrogens is 447 g/mol. The number of para-hydroxylation sites is 1. The first kappa shape index (κ1) is 33.0. The molecule has 32 heavy (non-hydrogen) atoms. The largest absolute Gasteiger partial charge is 1.00 e. The summed E-state index contributed by atoms with van der Waals surface area (Å²) in [5.41, 5.74) is 0. The van der Waals surface area contributed by atoms with Gasteiger partial charge < -0.3 is 21.9 Å². The van der Waals surface area contributed by atoms with Crippen molar-refractivity contribution in [1.29, 1.82) is 0 Å². The minimum absolute atomic E-state index is 0. The predicted octanol–water partition coefficient (Wildman–Crippen LogP) is 1.60. The quantitative estimate of drug-likeness (QED) is 0.148. The second-order valence-electron chi connectivity index (χ2n) is 7.19. The fourth-order valence-corrected chi connectivity index (χ4v) is 3.37. The van der Waals surface area contributed by atoms with Gasteiger partial charge in [0, 0.05) is 0 Å². The minimum Gasteiger partial charge on any atom is -0.493 e. The van der Waals surface area contributed by atoms with Crippen LogP contribution in [0.15, 0.2) is 30.3 Å². The molecule has 8 nitrogen and oxygen atoms in total. The Kier molecular flexibility index (Phi) is 20.0. The Labute approximate surface area is 213 Å². The van der Waals surface area contributed by atoms with Gasteiger partial charge in [0.15, 0.2) is 5.25 Å². The first-order valence-electron chi connectivity index (χ1n) is 10.5. The third-order valence-corrected chi connectivity index (χ3v) is 5.58. The van der Waals surface area contributed by atoms with Crippen molar-refractivity contribution in [2.24, 2.45) is 0 Å². The number of aliphatic carboxylic acids is 2. The van der Waals surface area contributed by atoms with Gasteiger partial charge in [-0.3, -0.25) is 14.1 Å². The predicted molar refractivity (Wildman–Crippen MR) is 119 cm³/mol. The van der Waals surface area contributed by atoms with Crippen molar-refractivity contribution in [2.75, 3.05) is 0 Å². The average molecular weight is 483 g/mol. The van der Waals surface area contributed by atoms with Gasteiger partial charge in [-0.1, -0.05) is 63.6 Å². The van der Waals surface area contributed by atoms with Gasteiger partial charge in [-0.25, -0.2) is 0 Å². The van der Waals surface area contributed by atoms with Gasteiger partial charge in [-0.15, -0.1) is 6.42 Å². The monoisotopic (exact) mass is 482 g/mol. The van der Waals surface area contributed by atoms with Crippen LogP contribution in [0.5, 0.6) is 5.75 Å². The minimum atomic E-state index is -4.84. The van der Waals surface area contributed by atoms with Crippen molar-refractivity contribution in [3.8, 4) is 5.75 Å². The molecule has 0 heterocycles. The SMILES string of the molecule is O=C(O)CC(C(=O)O)S(=O)(=O)O.[CH2-]CC(CCCCCCCCC)Oc1ccccc1.[Na+]. The van der Waals surface area contributed by atoms with Crippen LogP contribution in [0.2, 0.25) is 0 Å². The van der Waals surface area contributed by atoms with Crippen LogP contribution in [-0.4, -0.2) is 46.5 Å². The number of unbranched alkanes of at least 4 members (excludes halogenated alkanes) is 6. The van der Waals surface area contributed by atoms with Crippen molar-refractivity contribution in [2.45, 2.75) is 82.5 Å². The molecular formula is C22H35NaO8S. The summed E-state index contributed by atoms with van der Waals surface area (Å²) >= 11 is 0. The fourth-order valence-electron chi connectivity index (χ4n) is 2.76. The van der Waals surface area contributed by atoms with Gasteiger partial charge in [-0.05, 0) is 25.0 Å². The molecule has 0 radical (unpaired) electrons. The summed E-state index contributed by atoms with van der Waals surface area (Å²) in [4.78, 5) is 20.0. The van der Waals surface area contributed by atoms with Crippen LogP contribution in [0, 0.1) is 6.92 Å². The summed E-state index contributed by atoms with van der Waals surface area (Å²) in [6.45, 7) is 6.26. The first-order valence-corrected chi connectivity index (χ1v) is 12.0. The molecule has 2 unspecified atom stereocenters. The van der Waals surface area contributed by atoms with Gasteiger partial charge in [0.2, 0.25) is 0 Å². The van der Waals surface area contributed by atoms with E-state index in [0.717, 1.165) is 18.6 Å². The van der Waals surface area contributed by atoms with Crippen LogP contribution < -0.4 is 34.3 Å². The van der Waals surface area contributed by atoms with Crippen molar-refractivity contribution >= 4 is 22.1 Å². The number of benzene rings is 1. The molecule has 3 N–H and O–H groups in total. The van der Waals surface area contributed by atoms with E-state index in [4.69, 9.17) is 19.5 Å². The van der Waals surface area contributed by atoms with Crippen molar-refractivity contribution in [3.63, 3.8) is 0 Å². The van der Waals surface area contributed by atoms with Gasteiger partial charge in [0.1, 0.15) is 5.75 Å². The summed E-state index contributed by atoms with van der Waals surface area (Å²) in [6, 6.07) is 10.1. The van der Waals surface area contributed by atoms with Gasteiger partial charge in [0.05, 0.1) is 12.5 Å². The number of rotatable bonds is 15. The average Bonchev–Trinajstić information content (AvgIpc) is 2.70. The van der Waals surface area contributed by atoms with Crippen LogP contribution in [0.3, 0.4) is 0 Å². The molecule has 0 saturated heterocycles. The summed E-state index contributed by atoms with van der Waals surface area (Å²) in [6.07, 6.45) is 10.6. The molecule has 178 valence electrons. The molecule has 1 rings (SSSR count). The molecule has 10 heteroatoms. The molecule has 0 amide bonds. The van der Waals surface area contributed by atoms with Gasteiger partial charge >= 0.3 is 41.5 Å². The number of carboxylic acid groups (broad SMARTS) is 2.